The van der Waals surface area contributed by atoms with Crippen LogP contribution in [0.5, 0.6) is 5.75 Å². The minimum atomic E-state index is -4.42. The second-order valence-electron chi connectivity index (χ2n) is 9.13. The van der Waals surface area contributed by atoms with Crippen LogP contribution in [0.1, 0.15) is 36.5 Å². The van der Waals surface area contributed by atoms with Crippen LogP contribution in [0.15, 0.2) is 48.3 Å². The highest BCUT2D eigenvalue weighted by Crippen LogP contribution is 2.29. The van der Waals surface area contributed by atoms with Crippen molar-refractivity contribution < 1.29 is 27.4 Å². The molecule has 10 nitrogen and oxygen atoms in total. The van der Waals surface area contributed by atoms with Crippen molar-refractivity contribution in [1.29, 1.82) is 10.8 Å². The Morgan fingerprint density at radius 2 is 1.92 bits per heavy atom. The number of carbonyl (C=O) groups is 1. The van der Waals surface area contributed by atoms with Crippen LogP contribution < -0.4 is 14.8 Å². The highest BCUT2D eigenvalue weighted by Gasteiger charge is 2.28. The molecular formula is C26H32FN5O5S. The lowest BCUT2D eigenvalue weighted by atomic mass is 10.1. The lowest BCUT2D eigenvalue weighted by Crippen LogP contribution is -2.40. The third kappa shape index (κ3) is 7.54. The van der Waals surface area contributed by atoms with Gasteiger partial charge >= 0.3 is 5.97 Å². The second kappa shape index (κ2) is 12.1. The first-order valence-electron chi connectivity index (χ1n) is 12.0. The summed E-state index contributed by atoms with van der Waals surface area (Å²) in [6, 6.07) is 10.8. The van der Waals surface area contributed by atoms with E-state index in [1.54, 1.807) is 38.1 Å². The Labute approximate surface area is 221 Å². The van der Waals surface area contributed by atoms with Gasteiger partial charge in [-0.1, -0.05) is 18.2 Å². The van der Waals surface area contributed by atoms with Crippen molar-refractivity contribution in [2.45, 2.75) is 32.8 Å². The Morgan fingerprint density at radius 1 is 1.24 bits per heavy atom. The van der Waals surface area contributed by atoms with Crippen LogP contribution in [0.25, 0.3) is 6.08 Å². The molecule has 5 N–H and O–H groups in total. The first-order valence-corrected chi connectivity index (χ1v) is 13.6. The molecule has 0 saturated carbocycles. The standard InChI is InChI=1S/C26H32FN5O5S/c1-17-12-22(6-7-24(17)37-23-8-10-31(11-9-23)18(2)28)32(38(35,36)16-25(33)34)15-21(27)14-19-4-3-5-20(13-19)26(29)30/h3-7,12-14,23,28H,8-11,15-16H2,1-2H3,(H3,29,30)(H,33,34)/b21-14-,28-18?. The van der Waals surface area contributed by atoms with Gasteiger partial charge in [0.2, 0.25) is 10.0 Å². The van der Waals surface area contributed by atoms with Crippen molar-refractivity contribution in [2.75, 3.05) is 29.7 Å². The van der Waals surface area contributed by atoms with Gasteiger partial charge in [-0.25, -0.2) is 12.8 Å². The van der Waals surface area contributed by atoms with Crippen LogP contribution >= 0.6 is 0 Å². The Bertz CT molecular complexity index is 1350. The van der Waals surface area contributed by atoms with Crippen molar-refractivity contribution in [1.82, 2.24) is 4.90 Å². The zero-order chi connectivity index (χ0) is 28.0. The maximum Gasteiger partial charge on any atom is 0.320 e. The summed E-state index contributed by atoms with van der Waals surface area (Å²) in [5, 5.41) is 24.4. The van der Waals surface area contributed by atoms with Gasteiger partial charge in [-0.15, -0.1) is 0 Å². The highest BCUT2D eigenvalue weighted by atomic mass is 32.2. The molecule has 0 spiro atoms. The number of nitrogen functional groups attached to an aromatic ring is 1. The van der Waals surface area contributed by atoms with E-state index >= 15 is 4.39 Å². The lowest BCUT2D eigenvalue weighted by Gasteiger charge is -2.33. The molecule has 0 aliphatic carbocycles. The van der Waals surface area contributed by atoms with Gasteiger partial charge in [0.1, 0.15) is 23.5 Å². The number of nitrogens with one attached hydrogen (secondary N) is 2. The number of nitrogens with zero attached hydrogens (tertiary/aromatic N) is 2. The number of rotatable bonds is 10. The summed E-state index contributed by atoms with van der Waals surface area (Å²) in [4.78, 5) is 13.2. The number of anilines is 1. The van der Waals surface area contributed by atoms with E-state index in [9.17, 15) is 13.2 Å². The van der Waals surface area contributed by atoms with Crippen LogP contribution in [0.2, 0.25) is 0 Å². The average Bonchev–Trinajstić information content (AvgIpc) is 2.83. The molecule has 38 heavy (non-hydrogen) atoms. The lowest BCUT2D eigenvalue weighted by molar-refractivity contribution is -0.134. The largest absolute Gasteiger partial charge is 0.490 e. The van der Waals surface area contributed by atoms with Crippen LogP contribution in [-0.4, -0.2) is 67.6 Å². The van der Waals surface area contributed by atoms with Gasteiger partial charge in [-0.05, 0) is 55.3 Å². The number of likely N-dealkylation sites (tertiary alicyclic amines) is 1. The molecule has 0 bridgehead atoms. The fraction of sp³-hybridized carbons (Fsp3) is 0.346. The van der Waals surface area contributed by atoms with E-state index in [4.69, 9.17) is 26.4 Å². The molecule has 1 aliphatic rings. The van der Waals surface area contributed by atoms with E-state index in [1.807, 2.05) is 4.90 Å². The maximum atomic E-state index is 15.1. The molecule has 1 aliphatic heterocycles. The van der Waals surface area contributed by atoms with Gasteiger partial charge in [0, 0.05) is 31.5 Å². The molecule has 12 heteroatoms. The van der Waals surface area contributed by atoms with Crippen molar-refractivity contribution in [3.8, 4) is 5.75 Å². The van der Waals surface area contributed by atoms with Gasteiger partial charge < -0.3 is 20.5 Å². The number of hydrogen-bond donors (Lipinski definition) is 4. The normalized spacial score (nSPS) is 14.7. The second-order valence-corrected chi connectivity index (χ2v) is 11.0. The number of nitrogens with two attached hydrogens (primary N) is 1. The van der Waals surface area contributed by atoms with Crippen molar-refractivity contribution in [3.63, 3.8) is 0 Å². The van der Waals surface area contributed by atoms with Gasteiger partial charge in [0.25, 0.3) is 0 Å². The molecule has 2 aromatic carbocycles. The van der Waals surface area contributed by atoms with Crippen LogP contribution in [0.4, 0.5) is 10.1 Å². The monoisotopic (exact) mass is 545 g/mol. The molecular weight excluding hydrogens is 513 g/mol. The number of hydrogen-bond acceptors (Lipinski definition) is 6. The molecule has 1 saturated heterocycles. The third-order valence-corrected chi connectivity index (χ3v) is 7.74. The number of benzene rings is 2. The molecule has 1 fully saturated rings. The molecule has 1 heterocycles. The number of carboxylic acids is 1. The molecule has 3 rings (SSSR count). The topological polar surface area (TPSA) is 161 Å². The Hall–Kier alpha value is -3.93. The number of aryl methyl sites for hydroxylation is 1. The fourth-order valence-electron chi connectivity index (χ4n) is 4.15. The van der Waals surface area contributed by atoms with E-state index in [0.717, 1.165) is 23.2 Å². The first-order chi connectivity index (χ1) is 17.9. The molecule has 0 amide bonds. The molecule has 0 unspecified atom stereocenters. The summed E-state index contributed by atoms with van der Waals surface area (Å²) >= 11 is 0. The van der Waals surface area contributed by atoms with Crippen molar-refractivity contribution >= 4 is 39.4 Å². The number of carboxylic acid groups (broad SMARTS) is 1. The number of amidine groups is 2. The Kier molecular flexibility index (Phi) is 9.10. The SMILES string of the molecule is CC(=N)N1CCC(Oc2ccc(N(C/C(F)=C/c3cccc(C(=N)N)c3)S(=O)(=O)CC(=O)O)cc2C)CC1. The number of ether oxygens (including phenoxy) is 1. The smallest absolute Gasteiger partial charge is 0.320 e. The minimum Gasteiger partial charge on any atom is -0.490 e. The molecule has 0 aromatic heterocycles. The van der Waals surface area contributed by atoms with Gasteiger partial charge in [-0.2, -0.15) is 0 Å². The summed E-state index contributed by atoms with van der Waals surface area (Å²) in [5.41, 5.74) is 6.95. The van der Waals surface area contributed by atoms with E-state index in [-0.39, 0.29) is 17.6 Å². The maximum absolute atomic E-state index is 15.1. The average molecular weight is 546 g/mol. The number of halogens is 1. The fourth-order valence-corrected chi connectivity index (χ4v) is 5.38. The predicted molar refractivity (Wildman–Crippen MR) is 145 cm³/mol. The Morgan fingerprint density at radius 3 is 2.50 bits per heavy atom. The van der Waals surface area contributed by atoms with Gasteiger partial charge in [0.05, 0.1) is 18.1 Å². The Balaban J connectivity index is 1.85. The molecule has 0 atom stereocenters. The number of aliphatic carboxylic acids is 1. The van der Waals surface area contributed by atoms with Crippen molar-refractivity contribution in [3.05, 3.63) is 65.0 Å². The summed E-state index contributed by atoms with van der Waals surface area (Å²) in [6.45, 7) is 4.17. The van der Waals surface area contributed by atoms with E-state index in [0.29, 0.717) is 41.4 Å². The van der Waals surface area contributed by atoms with E-state index < -0.39 is 34.1 Å². The minimum absolute atomic E-state index is 0.0619. The predicted octanol–water partition coefficient (Wildman–Crippen LogP) is 3.35. The van der Waals surface area contributed by atoms with Gasteiger partial charge in [-0.3, -0.25) is 19.9 Å². The van der Waals surface area contributed by atoms with E-state index in [2.05, 4.69) is 0 Å². The highest BCUT2D eigenvalue weighted by molar-refractivity contribution is 7.93. The zero-order valence-corrected chi connectivity index (χ0v) is 22.1. The van der Waals surface area contributed by atoms with Crippen LogP contribution in [0.3, 0.4) is 0 Å². The summed E-state index contributed by atoms with van der Waals surface area (Å²) in [5.74, 6) is -2.73. The van der Waals surface area contributed by atoms with Crippen LogP contribution in [0, 0.1) is 17.7 Å². The summed E-state index contributed by atoms with van der Waals surface area (Å²) < 4.78 is 47.8. The first kappa shape index (κ1) is 28.6. The molecule has 0 radical (unpaired) electrons. The molecule has 2 aromatic rings. The zero-order valence-electron chi connectivity index (χ0n) is 21.3. The van der Waals surface area contributed by atoms with Crippen LogP contribution in [-0.2, 0) is 14.8 Å². The summed E-state index contributed by atoms with van der Waals surface area (Å²) in [6.07, 6.45) is 2.52. The quantitative estimate of drug-likeness (QED) is 0.263. The number of sulfonamides is 1. The molecule has 204 valence electrons. The van der Waals surface area contributed by atoms with Gasteiger partial charge in [0.15, 0.2) is 5.75 Å². The third-order valence-electron chi connectivity index (χ3n) is 6.11. The number of piperidine rings is 1. The summed E-state index contributed by atoms with van der Waals surface area (Å²) in [7, 11) is -4.42. The van der Waals surface area contributed by atoms with E-state index in [1.165, 1.54) is 18.2 Å². The van der Waals surface area contributed by atoms with Crippen molar-refractivity contribution in [2.24, 2.45) is 5.73 Å².